The number of likely N-dealkylation sites (tertiary alicyclic amines) is 1. The van der Waals surface area contributed by atoms with Crippen molar-refractivity contribution < 1.29 is 0 Å². The van der Waals surface area contributed by atoms with E-state index in [0.717, 1.165) is 23.8 Å². The first-order valence-electron chi connectivity index (χ1n) is 12.1. The van der Waals surface area contributed by atoms with E-state index in [1.807, 2.05) is 0 Å². The highest BCUT2D eigenvalue weighted by Gasteiger charge is 2.34. The molecule has 0 saturated carbocycles. The van der Waals surface area contributed by atoms with E-state index in [2.05, 4.69) is 110 Å². The van der Waals surface area contributed by atoms with Crippen molar-refractivity contribution in [1.82, 2.24) is 19.6 Å². The van der Waals surface area contributed by atoms with Crippen LogP contribution < -0.4 is 0 Å². The van der Waals surface area contributed by atoms with Gasteiger partial charge in [0.2, 0.25) is 0 Å². The Hall–Kier alpha value is -0.160. The van der Waals surface area contributed by atoms with E-state index in [4.69, 9.17) is 0 Å². The molecule has 1 rings (SSSR count). The molecular formula is C25H56N4. The zero-order valence-corrected chi connectivity index (χ0v) is 22.4. The van der Waals surface area contributed by atoms with Gasteiger partial charge in [-0.25, -0.2) is 0 Å². The monoisotopic (exact) mass is 412 g/mol. The third-order valence-electron chi connectivity index (χ3n) is 7.02. The number of hydrogen-bond acceptors (Lipinski definition) is 4. The number of nitrogens with zero attached hydrogens (tertiary/aromatic N) is 4. The molecule has 0 aromatic rings. The fourth-order valence-electron chi connectivity index (χ4n) is 4.66. The van der Waals surface area contributed by atoms with E-state index in [0.29, 0.717) is 18.1 Å². The van der Waals surface area contributed by atoms with Gasteiger partial charge < -0.3 is 19.6 Å². The highest BCUT2D eigenvalue weighted by Crippen LogP contribution is 2.29. The summed E-state index contributed by atoms with van der Waals surface area (Å²) >= 11 is 0. The molecule has 3 atom stereocenters. The molecule has 1 heterocycles. The molecule has 1 saturated heterocycles. The van der Waals surface area contributed by atoms with E-state index in [1.165, 1.54) is 32.5 Å². The number of hydrogen-bond donors (Lipinski definition) is 0. The Labute approximate surface area is 185 Å². The molecule has 1 fully saturated rings. The summed E-state index contributed by atoms with van der Waals surface area (Å²) < 4.78 is 0. The van der Waals surface area contributed by atoms with E-state index in [9.17, 15) is 0 Å². The van der Waals surface area contributed by atoms with E-state index in [-0.39, 0.29) is 0 Å². The molecule has 29 heavy (non-hydrogen) atoms. The van der Waals surface area contributed by atoms with E-state index < -0.39 is 0 Å². The van der Waals surface area contributed by atoms with Gasteiger partial charge in [-0.2, -0.15) is 0 Å². The minimum atomic E-state index is 0.657. The van der Waals surface area contributed by atoms with Gasteiger partial charge in [0, 0.05) is 30.7 Å². The van der Waals surface area contributed by atoms with Crippen LogP contribution in [-0.2, 0) is 0 Å². The van der Waals surface area contributed by atoms with Crippen molar-refractivity contribution in [2.45, 2.75) is 92.4 Å². The highest BCUT2D eigenvalue weighted by molar-refractivity contribution is 4.88. The minimum absolute atomic E-state index is 0.657. The lowest BCUT2D eigenvalue weighted by Crippen LogP contribution is -2.40. The van der Waals surface area contributed by atoms with Gasteiger partial charge in [0.05, 0.1) is 0 Å². The standard InChI is InChI=1S/C13H28N2.C12H28N2/c1-10(2)13-12(7-8-14(13)5)9-15(6)11(3)4;1-10(2)12(13(5)6)8-9-14(7)11(3)4/h10-13H,7-9H2,1-6H3;10-12H,8-9H2,1-7H3. The first-order chi connectivity index (χ1) is 13.3. The molecule has 0 N–H and O–H groups in total. The van der Waals surface area contributed by atoms with Crippen molar-refractivity contribution in [3.63, 3.8) is 0 Å². The molecule has 0 bridgehead atoms. The second-order valence-corrected chi connectivity index (χ2v) is 10.9. The molecule has 0 aromatic heterocycles. The van der Waals surface area contributed by atoms with Gasteiger partial charge in [0.25, 0.3) is 0 Å². The zero-order valence-electron chi connectivity index (χ0n) is 22.4. The van der Waals surface area contributed by atoms with E-state index in [1.54, 1.807) is 0 Å². The fraction of sp³-hybridized carbons (Fsp3) is 1.00. The van der Waals surface area contributed by atoms with Crippen LogP contribution >= 0.6 is 0 Å². The SMILES string of the molecule is CC(C)C(CCN(C)C(C)C)N(C)C.CC(C)C1C(CN(C)C(C)C)CCN1C. The predicted molar refractivity (Wildman–Crippen MR) is 132 cm³/mol. The maximum atomic E-state index is 2.55. The minimum Gasteiger partial charge on any atom is -0.306 e. The molecule has 1 aliphatic heterocycles. The summed E-state index contributed by atoms with van der Waals surface area (Å²) in [6.07, 6.45) is 2.63. The Bertz CT molecular complexity index is 398. The maximum absolute atomic E-state index is 2.55. The van der Waals surface area contributed by atoms with Crippen molar-refractivity contribution in [2.24, 2.45) is 17.8 Å². The van der Waals surface area contributed by atoms with Crippen LogP contribution in [0.4, 0.5) is 0 Å². The Morgan fingerprint density at radius 2 is 1.34 bits per heavy atom. The van der Waals surface area contributed by atoms with Crippen LogP contribution in [0.5, 0.6) is 0 Å². The molecule has 0 aliphatic carbocycles. The van der Waals surface area contributed by atoms with Gasteiger partial charge in [-0.3, -0.25) is 0 Å². The van der Waals surface area contributed by atoms with Crippen molar-refractivity contribution in [3.8, 4) is 0 Å². The van der Waals surface area contributed by atoms with Crippen molar-refractivity contribution >= 4 is 0 Å². The van der Waals surface area contributed by atoms with Gasteiger partial charge in [0.15, 0.2) is 0 Å². The molecule has 176 valence electrons. The van der Waals surface area contributed by atoms with Crippen LogP contribution in [-0.4, -0.2) is 98.6 Å². The van der Waals surface area contributed by atoms with Gasteiger partial charge in [0.1, 0.15) is 0 Å². The van der Waals surface area contributed by atoms with Crippen molar-refractivity contribution in [3.05, 3.63) is 0 Å². The lowest BCUT2D eigenvalue weighted by molar-refractivity contribution is 0.161. The van der Waals surface area contributed by atoms with Crippen LogP contribution in [0.15, 0.2) is 0 Å². The van der Waals surface area contributed by atoms with Crippen LogP contribution in [0.1, 0.15) is 68.2 Å². The summed E-state index contributed by atoms with van der Waals surface area (Å²) in [7, 11) is 11.1. The molecule has 0 radical (unpaired) electrons. The Morgan fingerprint density at radius 3 is 1.72 bits per heavy atom. The van der Waals surface area contributed by atoms with Gasteiger partial charge in [-0.15, -0.1) is 0 Å². The third kappa shape index (κ3) is 10.6. The van der Waals surface area contributed by atoms with Crippen LogP contribution in [0.2, 0.25) is 0 Å². The smallest absolute Gasteiger partial charge is 0.0156 e. The van der Waals surface area contributed by atoms with Crippen LogP contribution in [0.25, 0.3) is 0 Å². The van der Waals surface area contributed by atoms with Crippen LogP contribution in [0, 0.1) is 17.8 Å². The molecule has 1 aliphatic rings. The molecule has 3 unspecified atom stereocenters. The van der Waals surface area contributed by atoms with Crippen molar-refractivity contribution in [1.29, 1.82) is 0 Å². The first kappa shape index (κ1) is 28.8. The molecular weight excluding hydrogens is 356 g/mol. The second kappa shape index (κ2) is 14.0. The average Bonchev–Trinajstić information content (AvgIpc) is 2.95. The summed E-state index contributed by atoms with van der Waals surface area (Å²) in [5.41, 5.74) is 0. The number of rotatable bonds is 10. The predicted octanol–water partition coefficient (Wildman–Crippen LogP) is 4.61. The zero-order chi connectivity index (χ0) is 22.9. The topological polar surface area (TPSA) is 13.0 Å². The van der Waals surface area contributed by atoms with Gasteiger partial charge >= 0.3 is 0 Å². The molecule has 4 heteroatoms. The summed E-state index contributed by atoms with van der Waals surface area (Å²) in [6, 6.07) is 2.82. The average molecular weight is 413 g/mol. The maximum Gasteiger partial charge on any atom is 0.0156 e. The summed E-state index contributed by atoms with van der Waals surface area (Å²) in [5, 5.41) is 0. The third-order valence-corrected chi connectivity index (χ3v) is 7.02. The van der Waals surface area contributed by atoms with Gasteiger partial charge in [-0.05, 0) is 107 Å². The highest BCUT2D eigenvalue weighted by atomic mass is 15.2. The molecule has 0 amide bonds. The molecule has 0 aromatic carbocycles. The summed E-state index contributed by atoms with van der Waals surface area (Å²) in [5.74, 6) is 2.39. The van der Waals surface area contributed by atoms with E-state index >= 15 is 0 Å². The van der Waals surface area contributed by atoms with Crippen molar-refractivity contribution in [2.75, 3.05) is 54.9 Å². The lowest BCUT2D eigenvalue weighted by atomic mass is 9.90. The first-order valence-corrected chi connectivity index (χ1v) is 12.1. The second-order valence-electron chi connectivity index (χ2n) is 10.9. The Morgan fingerprint density at radius 1 is 0.828 bits per heavy atom. The fourth-order valence-corrected chi connectivity index (χ4v) is 4.66. The molecule has 0 spiro atoms. The Balaban J connectivity index is 0.000000543. The normalized spacial score (nSPS) is 21.9. The largest absolute Gasteiger partial charge is 0.306 e. The van der Waals surface area contributed by atoms with Crippen LogP contribution in [0.3, 0.4) is 0 Å². The summed E-state index contributed by atoms with van der Waals surface area (Å²) in [6.45, 7) is 22.1. The molecule has 4 nitrogen and oxygen atoms in total. The Kier molecular flexibility index (Phi) is 13.9. The van der Waals surface area contributed by atoms with Gasteiger partial charge in [-0.1, -0.05) is 27.7 Å². The quantitative estimate of drug-likeness (QED) is 0.519. The lowest BCUT2D eigenvalue weighted by Gasteiger charge is -2.32. The summed E-state index contributed by atoms with van der Waals surface area (Å²) in [4.78, 5) is 9.79.